The number of furan rings is 2. The van der Waals surface area contributed by atoms with E-state index in [0.29, 0.717) is 0 Å². The average molecular weight is 298 g/mol. The molecule has 17 heavy (non-hydrogen) atoms. The lowest BCUT2D eigenvalue weighted by Crippen LogP contribution is -2.18. The summed E-state index contributed by atoms with van der Waals surface area (Å²) < 4.78 is 12.2. The minimum atomic E-state index is 0.0109. The van der Waals surface area contributed by atoms with Crippen molar-refractivity contribution in [1.29, 1.82) is 0 Å². The Kier molecular flexibility index (Phi) is 3.45. The van der Waals surface area contributed by atoms with Crippen LogP contribution in [0.1, 0.15) is 34.4 Å². The van der Waals surface area contributed by atoms with Gasteiger partial charge in [-0.3, -0.25) is 0 Å². The van der Waals surface area contributed by atoms with E-state index in [1.54, 1.807) is 6.26 Å². The van der Waals surface area contributed by atoms with Crippen molar-refractivity contribution in [3.8, 4) is 0 Å². The fourth-order valence-corrected chi connectivity index (χ4v) is 2.58. The molecule has 4 heteroatoms. The summed E-state index contributed by atoms with van der Waals surface area (Å²) in [5.41, 5.74) is 2.32. The fourth-order valence-electron chi connectivity index (χ4n) is 2.15. The summed E-state index contributed by atoms with van der Waals surface area (Å²) in [4.78, 5) is 0. The molecule has 92 valence electrons. The van der Waals surface area contributed by atoms with Gasteiger partial charge in [0.2, 0.25) is 0 Å². The third kappa shape index (κ3) is 2.07. The van der Waals surface area contributed by atoms with E-state index in [4.69, 9.17) is 8.83 Å². The number of nitrogens with one attached hydrogen (secondary N) is 1. The van der Waals surface area contributed by atoms with Crippen LogP contribution in [0.25, 0.3) is 0 Å². The maximum Gasteiger partial charge on any atom is 0.139 e. The van der Waals surface area contributed by atoms with Crippen LogP contribution in [-0.4, -0.2) is 7.05 Å². The highest BCUT2D eigenvalue weighted by molar-refractivity contribution is 9.10. The van der Waals surface area contributed by atoms with Crippen LogP contribution < -0.4 is 5.32 Å². The van der Waals surface area contributed by atoms with Crippen LogP contribution in [0.5, 0.6) is 0 Å². The predicted molar refractivity (Wildman–Crippen MR) is 70.2 cm³/mol. The second kappa shape index (κ2) is 4.70. The van der Waals surface area contributed by atoms with Gasteiger partial charge in [0.25, 0.3) is 0 Å². The topological polar surface area (TPSA) is 38.3 Å². The molecule has 0 aliphatic carbocycles. The van der Waals surface area contributed by atoms with Crippen molar-refractivity contribution in [1.82, 2.24) is 5.32 Å². The number of rotatable bonds is 3. The third-order valence-corrected chi connectivity index (χ3v) is 3.76. The van der Waals surface area contributed by atoms with Crippen LogP contribution in [0.3, 0.4) is 0 Å². The summed E-state index contributed by atoms with van der Waals surface area (Å²) in [7, 11) is 1.92. The molecule has 0 fully saturated rings. The fraction of sp³-hybridized carbons (Fsp3) is 0.385. The summed E-state index contributed by atoms with van der Waals surface area (Å²) in [6.07, 6.45) is 1.68. The largest absolute Gasteiger partial charge is 0.466 e. The Morgan fingerprint density at radius 1 is 1.24 bits per heavy atom. The molecule has 2 aromatic heterocycles. The summed E-state index contributed by atoms with van der Waals surface area (Å²) >= 11 is 3.50. The first-order chi connectivity index (χ1) is 8.06. The van der Waals surface area contributed by atoms with Gasteiger partial charge in [-0.25, -0.2) is 0 Å². The van der Waals surface area contributed by atoms with Crippen molar-refractivity contribution in [2.75, 3.05) is 7.05 Å². The zero-order valence-electron chi connectivity index (χ0n) is 10.4. The molecule has 0 aliphatic rings. The molecule has 0 saturated carbocycles. The van der Waals surface area contributed by atoms with Crippen molar-refractivity contribution >= 4 is 15.9 Å². The molecule has 2 rings (SSSR count). The Morgan fingerprint density at radius 3 is 2.35 bits per heavy atom. The van der Waals surface area contributed by atoms with Crippen LogP contribution in [-0.2, 0) is 0 Å². The van der Waals surface area contributed by atoms with Crippen molar-refractivity contribution in [2.45, 2.75) is 26.8 Å². The minimum Gasteiger partial charge on any atom is -0.466 e. The summed E-state index contributed by atoms with van der Waals surface area (Å²) in [5.74, 6) is 2.77. The monoisotopic (exact) mass is 297 g/mol. The highest BCUT2D eigenvalue weighted by Crippen LogP contribution is 2.34. The van der Waals surface area contributed by atoms with Crippen LogP contribution in [0.2, 0.25) is 0 Å². The van der Waals surface area contributed by atoms with E-state index in [0.717, 1.165) is 27.3 Å². The van der Waals surface area contributed by atoms with E-state index in [2.05, 4.69) is 28.2 Å². The molecule has 0 spiro atoms. The SMILES string of the molecule is CNC(c1occc1Br)c1c(C)oc(C)c1C. The van der Waals surface area contributed by atoms with E-state index in [1.807, 2.05) is 27.0 Å². The molecule has 3 nitrogen and oxygen atoms in total. The number of hydrogen-bond donors (Lipinski definition) is 1. The van der Waals surface area contributed by atoms with E-state index >= 15 is 0 Å². The zero-order valence-corrected chi connectivity index (χ0v) is 12.0. The summed E-state index contributed by atoms with van der Waals surface area (Å²) in [5, 5.41) is 3.27. The molecular weight excluding hydrogens is 282 g/mol. The van der Waals surface area contributed by atoms with Crippen molar-refractivity contribution in [3.05, 3.63) is 45.2 Å². The zero-order chi connectivity index (χ0) is 12.6. The Morgan fingerprint density at radius 2 is 1.94 bits per heavy atom. The lowest BCUT2D eigenvalue weighted by molar-refractivity contribution is 0.450. The molecule has 0 aliphatic heterocycles. The van der Waals surface area contributed by atoms with Crippen LogP contribution in [0.4, 0.5) is 0 Å². The lowest BCUT2D eigenvalue weighted by Gasteiger charge is -2.15. The van der Waals surface area contributed by atoms with Gasteiger partial charge in [-0.1, -0.05) is 0 Å². The molecule has 1 N–H and O–H groups in total. The minimum absolute atomic E-state index is 0.0109. The highest BCUT2D eigenvalue weighted by Gasteiger charge is 2.25. The van der Waals surface area contributed by atoms with E-state index in [1.165, 1.54) is 5.56 Å². The predicted octanol–water partition coefficient (Wildman–Crippen LogP) is 3.87. The van der Waals surface area contributed by atoms with Gasteiger partial charge < -0.3 is 14.2 Å². The summed E-state index contributed by atoms with van der Waals surface area (Å²) in [6, 6.07) is 1.91. The van der Waals surface area contributed by atoms with E-state index in [-0.39, 0.29) is 6.04 Å². The van der Waals surface area contributed by atoms with Crippen molar-refractivity contribution in [2.24, 2.45) is 0 Å². The van der Waals surface area contributed by atoms with Gasteiger partial charge in [-0.15, -0.1) is 0 Å². The Balaban J connectivity index is 2.53. The van der Waals surface area contributed by atoms with Gasteiger partial charge >= 0.3 is 0 Å². The highest BCUT2D eigenvalue weighted by atomic mass is 79.9. The van der Waals surface area contributed by atoms with E-state index < -0.39 is 0 Å². The van der Waals surface area contributed by atoms with Crippen LogP contribution >= 0.6 is 15.9 Å². The molecule has 0 aromatic carbocycles. The van der Waals surface area contributed by atoms with Crippen LogP contribution in [0, 0.1) is 20.8 Å². The van der Waals surface area contributed by atoms with Crippen molar-refractivity contribution < 1.29 is 8.83 Å². The summed E-state index contributed by atoms with van der Waals surface area (Å²) in [6.45, 7) is 6.04. The molecule has 0 amide bonds. The van der Waals surface area contributed by atoms with Gasteiger partial charge in [0.1, 0.15) is 17.3 Å². The molecule has 1 unspecified atom stereocenters. The first-order valence-corrected chi connectivity index (χ1v) is 6.32. The molecule has 2 heterocycles. The normalized spacial score (nSPS) is 13.0. The molecule has 2 aromatic rings. The molecule has 1 atom stereocenters. The number of hydrogen-bond acceptors (Lipinski definition) is 3. The quantitative estimate of drug-likeness (QED) is 0.935. The second-order valence-electron chi connectivity index (χ2n) is 4.11. The second-order valence-corrected chi connectivity index (χ2v) is 4.96. The average Bonchev–Trinajstić information content (AvgIpc) is 2.79. The van der Waals surface area contributed by atoms with Crippen molar-refractivity contribution in [3.63, 3.8) is 0 Å². The number of aryl methyl sites for hydroxylation is 2. The standard InChI is InChI=1S/C13H16BrNO2/c1-7-8(2)17-9(3)11(7)12(15-4)13-10(14)5-6-16-13/h5-6,12,15H,1-4H3. The van der Waals surface area contributed by atoms with Gasteiger partial charge in [-0.2, -0.15) is 0 Å². The molecule has 0 bridgehead atoms. The third-order valence-electron chi connectivity index (χ3n) is 3.10. The first-order valence-electron chi connectivity index (χ1n) is 5.53. The van der Waals surface area contributed by atoms with Gasteiger partial charge in [0, 0.05) is 5.56 Å². The maximum atomic E-state index is 5.67. The van der Waals surface area contributed by atoms with Gasteiger partial charge in [0.05, 0.1) is 16.8 Å². The molecule has 0 radical (unpaired) electrons. The van der Waals surface area contributed by atoms with Crippen LogP contribution in [0.15, 0.2) is 25.6 Å². The Labute approximate surface area is 109 Å². The lowest BCUT2D eigenvalue weighted by atomic mass is 10.0. The molecule has 0 saturated heterocycles. The Bertz CT molecular complexity index is 528. The number of halogens is 1. The maximum absolute atomic E-state index is 5.67. The molecular formula is C13H16BrNO2. The van der Waals surface area contributed by atoms with E-state index in [9.17, 15) is 0 Å². The smallest absolute Gasteiger partial charge is 0.139 e. The van der Waals surface area contributed by atoms with Gasteiger partial charge in [-0.05, 0) is 55.4 Å². The van der Waals surface area contributed by atoms with Gasteiger partial charge in [0.15, 0.2) is 0 Å². The Hall–Kier alpha value is -1.00. The first kappa shape index (κ1) is 12.5.